The lowest BCUT2D eigenvalue weighted by molar-refractivity contribution is 0.331. The van der Waals surface area contributed by atoms with Gasteiger partial charge in [-0.1, -0.05) is 86.1 Å². The van der Waals surface area contributed by atoms with E-state index in [0.717, 1.165) is 39.6 Å². The molecule has 0 aliphatic rings. The molecule has 0 aliphatic heterocycles. The minimum Gasteiger partial charge on any atom is -0.440 e. The van der Waals surface area contributed by atoms with Gasteiger partial charge in [0.1, 0.15) is 11.4 Å². The van der Waals surface area contributed by atoms with Gasteiger partial charge in [0, 0.05) is 23.5 Å². The van der Waals surface area contributed by atoms with Crippen LogP contribution in [-0.2, 0) is 5.41 Å². The third kappa shape index (κ3) is 3.26. The lowest BCUT2D eigenvalue weighted by Gasteiger charge is -2.16. The van der Waals surface area contributed by atoms with Crippen LogP contribution in [0.15, 0.2) is 63.5 Å². The quantitative estimate of drug-likeness (QED) is 0.408. The van der Waals surface area contributed by atoms with Crippen molar-refractivity contribution in [2.45, 2.75) is 40.0 Å². The highest BCUT2D eigenvalue weighted by Gasteiger charge is 2.32. The molecule has 0 bridgehead atoms. The fraction of sp³-hybridized carbons (Fsp3) is 0.250. The van der Waals surface area contributed by atoms with E-state index in [9.17, 15) is 0 Å². The highest BCUT2D eigenvalue weighted by atomic mass is 16.5. The predicted molar refractivity (Wildman–Crippen MR) is 111 cm³/mol. The second-order valence-corrected chi connectivity index (χ2v) is 8.13. The van der Waals surface area contributed by atoms with Crippen molar-refractivity contribution in [2.75, 3.05) is 0 Å². The summed E-state index contributed by atoms with van der Waals surface area (Å²) in [5, 5.41) is 4.43. The molecule has 4 rings (SSSR count). The van der Waals surface area contributed by atoms with Crippen molar-refractivity contribution < 1.29 is 8.94 Å². The summed E-state index contributed by atoms with van der Waals surface area (Å²) < 4.78 is 11.9. The first-order chi connectivity index (χ1) is 13.3. The molecule has 0 saturated heterocycles. The zero-order valence-corrected chi connectivity index (χ0v) is 16.9. The first kappa shape index (κ1) is 18.2. The van der Waals surface area contributed by atoms with Crippen LogP contribution in [0.3, 0.4) is 0 Å². The van der Waals surface area contributed by atoms with E-state index in [2.05, 4.69) is 57.1 Å². The van der Waals surface area contributed by atoms with Crippen LogP contribution in [0.1, 0.15) is 38.0 Å². The SMILES string of the molecule is Cc1ccc(-c2oc(C)nc2-c2c(-c3ccccc3)noc2C(C)(C)C)cc1. The fourth-order valence-electron chi connectivity index (χ4n) is 3.31. The van der Waals surface area contributed by atoms with Gasteiger partial charge in [-0.25, -0.2) is 4.98 Å². The number of aromatic nitrogens is 2. The minimum atomic E-state index is -0.229. The van der Waals surface area contributed by atoms with E-state index in [1.807, 2.05) is 37.3 Å². The van der Waals surface area contributed by atoms with Gasteiger partial charge < -0.3 is 8.94 Å². The predicted octanol–water partition coefficient (Wildman–Crippen LogP) is 6.58. The zero-order chi connectivity index (χ0) is 19.9. The van der Waals surface area contributed by atoms with Crippen LogP contribution in [0, 0.1) is 13.8 Å². The van der Waals surface area contributed by atoms with E-state index >= 15 is 0 Å². The summed E-state index contributed by atoms with van der Waals surface area (Å²) in [5.74, 6) is 2.15. The van der Waals surface area contributed by atoms with E-state index in [4.69, 9.17) is 13.9 Å². The molecule has 28 heavy (non-hydrogen) atoms. The topological polar surface area (TPSA) is 52.1 Å². The van der Waals surface area contributed by atoms with Crippen LogP contribution in [0.2, 0.25) is 0 Å². The summed E-state index contributed by atoms with van der Waals surface area (Å²) in [6, 6.07) is 18.3. The molecular weight excluding hydrogens is 348 g/mol. The van der Waals surface area contributed by atoms with Gasteiger partial charge in [-0.15, -0.1) is 0 Å². The molecule has 4 heteroatoms. The van der Waals surface area contributed by atoms with Gasteiger partial charge in [0.15, 0.2) is 17.4 Å². The van der Waals surface area contributed by atoms with Crippen LogP contribution in [0.5, 0.6) is 0 Å². The Morgan fingerprint density at radius 2 is 1.46 bits per heavy atom. The summed E-state index contributed by atoms with van der Waals surface area (Å²) in [5.41, 5.74) is 5.40. The Morgan fingerprint density at radius 1 is 0.786 bits per heavy atom. The van der Waals surface area contributed by atoms with Gasteiger partial charge in [-0.3, -0.25) is 0 Å². The second kappa shape index (κ2) is 6.79. The van der Waals surface area contributed by atoms with Gasteiger partial charge in [0.25, 0.3) is 0 Å². The summed E-state index contributed by atoms with van der Waals surface area (Å²) in [4.78, 5) is 4.75. The van der Waals surface area contributed by atoms with Crippen LogP contribution in [-0.4, -0.2) is 10.1 Å². The van der Waals surface area contributed by atoms with E-state index in [1.165, 1.54) is 5.56 Å². The molecule has 0 amide bonds. The largest absolute Gasteiger partial charge is 0.440 e. The Bertz CT molecular complexity index is 1100. The molecule has 2 heterocycles. The third-order valence-corrected chi connectivity index (χ3v) is 4.71. The van der Waals surface area contributed by atoms with Crippen molar-refractivity contribution in [2.24, 2.45) is 0 Å². The summed E-state index contributed by atoms with van der Waals surface area (Å²) in [7, 11) is 0. The number of nitrogens with zero attached hydrogens (tertiary/aromatic N) is 2. The van der Waals surface area contributed by atoms with Gasteiger partial charge >= 0.3 is 0 Å². The van der Waals surface area contributed by atoms with Crippen molar-refractivity contribution in [1.29, 1.82) is 0 Å². The Balaban J connectivity index is 1.99. The first-order valence-electron chi connectivity index (χ1n) is 9.45. The van der Waals surface area contributed by atoms with Crippen molar-refractivity contribution in [3.8, 4) is 33.8 Å². The normalized spacial score (nSPS) is 11.8. The summed E-state index contributed by atoms with van der Waals surface area (Å²) in [6.07, 6.45) is 0. The number of oxazole rings is 1. The maximum absolute atomic E-state index is 6.04. The van der Waals surface area contributed by atoms with Gasteiger partial charge in [-0.05, 0) is 6.92 Å². The highest BCUT2D eigenvalue weighted by molar-refractivity contribution is 5.87. The maximum atomic E-state index is 6.04. The Hall–Kier alpha value is -3.14. The minimum absolute atomic E-state index is 0.229. The molecule has 2 aromatic carbocycles. The van der Waals surface area contributed by atoms with Gasteiger partial charge in [-0.2, -0.15) is 0 Å². The molecular formula is C24H24N2O2. The molecule has 142 valence electrons. The molecule has 0 radical (unpaired) electrons. The standard InChI is InChI=1S/C24H24N2O2/c1-15-11-13-18(14-12-15)22-21(25-16(2)27-22)19-20(17-9-7-6-8-10-17)26-28-23(19)24(3,4)5/h6-14H,1-5H3. The van der Waals surface area contributed by atoms with Crippen LogP contribution >= 0.6 is 0 Å². The number of hydrogen-bond donors (Lipinski definition) is 0. The second-order valence-electron chi connectivity index (χ2n) is 8.13. The van der Waals surface area contributed by atoms with Crippen molar-refractivity contribution in [3.63, 3.8) is 0 Å². The lowest BCUT2D eigenvalue weighted by Crippen LogP contribution is -2.11. The number of aryl methyl sites for hydroxylation is 2. The van der Waals surface area contributed by atoms with Crippen molar-refractivity contribution in [3.05, 3.63) is 71.8 Å². The molecule has 4 aromatic rings. The van der Waals surface area contributed by atoms with Gasteiger partial charge in [0.05, 0.1) is 5.56 Å². The van der Waals surface area contributed by atoms with Crippen molar-refractivity contribution in [1.82, 2.24) is 10.1 Å². The monoisotopic (exact) mass is 372 g/mol. The van der Waals surface area contributed by atoms with Crippen LogP contribution in [0.25, 0.3) is 33.8 Å². The van der Waals surface area contributed by atoms with E-state index in [-0.39, 0.29) is 5.41 Å². The average molecular weight is 372 g/mol. The van der Waals surface area contributed by atoms with E-state index < -0.39 is 0 Å². The Kier molecular flexibility index (Phi) is 4.42. The number of rotatable bonds is 3. The molecule has 0 saturated carbocycles. The molecule has 0 N–H and O–H groups in total. The molecule has 2 aromatic heterocycles. The molecule has 0 atom stereocenters. The summed E-state index contributed by atoms with van der Waals surface area (Å²) >= 11 is 0. The Labute approximate surface area is 165 Å². The first-order valence-corrected chi connectivity index (χ1v) is 9.45. The number of benzene rings is 2. The maximum Gasteiger partial charge on any atom is 0.192 e. The molecule has 0 unspecified atom stereocenters. The molecule has 0 spiro atoms. The molecule has 0 aliphatic carbocycles. The van der Waals surface area contributed by atoms with E-state index in [0.29, 0.717) is 5.89 Å². The number of hydrogen-bond acceptors (Lipinski definition) is 4. The zero-order valence-electron chi connectivity index (χ0n) is 16.9. The summed E-state index contributed by atoms with van der Waals surface area (Å²) in [6.45, 7) is 10.3. The smallest absolute Gasteiger partial charge is 0.192 e. The van der Waals surface area contributed by atoms with Crippen LogP contribution in [0.4, 0.5) is 0 Å². The van der Waals surface area contributed by atoms with Crippen molar-refractivity contribution >= 4 is 0 Å². The molecule has 0 fully saturated rings. The van der Waals surface area contributed by atoms with Crippen LogP contribution < -0.4 is 0 Å². The highest BCUT2D eigenvalue weighted by Crippen LogP contribution is 2.43. The Morgan fingerprint density at radius 3 is 2.11 bits per heavy atom. The third-order valence-electron chi connectivity index (χ3n) is 4.71. The fourth-order valence-corrected chi connectivity index (χ4v) is 3.31. The lowest BCUT2D eigenvalue weighted by atomic mass is 9.87. The van der Waals surface area contributed by atoms with E-state index in [1.54, 1.807) is 0 Å². The van der Waals surface area contributed by atoms with Gasteiger partial charge in [0.2, 0.25) is 0 Å². The average Bonchev–Trinajstić information content (AvgIpc) is 3.26. The molecule has 4 nitrogen and oxygen atoms in total.